The Balaban J connectivity index is 1.88. The molecular weight excluding hydrogens is 392 g/mol. The Morgan fingerprint density at radius 1 is 1.14 bits per heavy atom. The zero-order valence-corrected chi connectivity index (χ0v) is 18.1. The summed E-state index contributed by atoms with van der Waals surface area (Å²) < 4.78 is 27.6. The van der Waals surface area contributed by atoms with Crippen molar-refractivity contribution in [1.29, 1.82) is 0 Å². The van der Waals surface area contributed by atoms with Crippen LogP contribution in [-0.2, 0) is 10.0 Å². The molecule has 1 N–H and O–H groups in total. The molecule has 0 unspecified atom stereocenters. The fourth-order valence-electron chi connectivity index (χ4n) is 3.32. The minimum absolute atomic E-state index is 0.177. The van der Waals surface area contributed by atoms with Crippen molar-refractivity contribution in [2.45, 2.75) is 36.5 Å². The summed E-state index contributed by atoms with van der Waals surface area (Å²) in [5, 5.41) is 2.91. The van der Waals surface area contributed by atoms with Crippen LogP contribution in [0.25, 0.3) is 0 Å². The zero-order chi connectivity index (χ0) is 20.3. The third-order valence-corrected chi connectivity index (χ3v) is 7.88. The Kier molecular flexibility index (Phi) is 6.47. The predicted octanol–water partition coefficient (Wildman–Crippen LogP) is 4.39. The minimum Gasteiger partial charge on any atom is -0.321 e. The summed E-state index contributed by atoms with van der Waals surface area (Å²) in [5.74, 6) is 0.241. The summed E-state index contributed by atoms with van der Waals surface area (Å²) in [5.41, 5.74) is 1.84. The number of thioether (sulfide) groups is 1. The summed E-state index contributed by atoms with van der Waals surface area (Å²) >= 11 is 1.55. The molecule has 0 radical (unpaired) electrons. The maximum absolute atomic E-state index is 13.0. The van der Waals surface area contributed by atoms with E-state index in [2.05, 4.69) is 12.2 Å². The predicted molar refractivity (Wildman–Crippen MR) is 115 cm³/mol. The number of rotatable bonds is 5. The Morgan fingerprint density at radius 3 is 2.50 bits per heavy atom. The molecule has 1 fully saturated rings. The number of hydrogen-bond donors (Lipinski definition) is 1. The van der Waals surface area contributed by atoms with Crippen molar-refractivity contribution in [2.24, 2.45) is 5.92 Å². The molecule has 1 amide bonds. The van der Waals surface area contributed by atoms with Crippen molar-refractivity contribution >= 4 is 33.4 Å². The molecule has 5 nitrogen and oxygen atoms in total. The third-order valence-electron chi connectivity index (χ3n) is 5.19. The molecule has 0 aliphatic carbocycles. The van der Waals surface area contributed by atoms with Crippen LogP contribution in [0.2, 0.25) is 0 Å². The summed E-state index contributed by atoms with van der Waals surface area (Å²) in [7, 11) is -3.59. The second kappa shape index (κ2) is 8.68. The molecule has 1 heterocycles. The normalized spacial score (nSPS) is 16.1. The van der Waals surface area contributed by atoms with Crippen LogP contribution in [0.3, 0.4) is 0 Å². The van der Waals surface area contributed by atoms with Crippen LogP contribution in [-0.4, -0.2) is 38.0 Å². The number of piperidine rings is 1. The molecule has 1 saturated heterocycles. The molecule has 7 heteroatoms. The number of carbonyl (C=O) groups is 1. The molecule has 0 saturated carbocycles. The molecule has 0 atom stereocenters. The lowest BCUT2D eigenvalue weighted by Crippen LogP contribution is -2.38. The molecule has 0 spiro atoms. The van der Waals surface area contributed by atoms with Gasteiger partial charge in [0.25, 0.3) is 5.91 Å². The van der Waals surface area contributed by atoms with E-state index in [0.29, 0.717) is 24.6 Å². The van der Waals surface area contributed by atoms with Crippen LogP contribution in [0.15, 0.2) is 52.3 Å². The lowest BCUT2D eigenvalue weighted by atomic mass is 10.0. The summed E-state index contributed by atoms with van der Waals surface area (Å²) in [6, 6.07) is 12.4. The Labute approximate surface area is 171 Å². The topological polar surface area (TPSA) is 66.5 Å². The highest BCUT2D eigenvalue weighted by Crippen LogP contribution is 2.27. The number of amides is 1. The van der Waals surface area contributed by atoms with Gasteiger partial charge in [-0.2, -0.15) is 4.31 Å². The first-order valence-electron chi connectivity index (χ1n) is 9.38. The molecular formula is C21H26N2O3S2. The number of sulfonamides is 1. The van der Waals surface area contributed by atoms with E-state index >= 15 is 0 Å². The van der Waals surface area contributed by atoms with E-state index in [1.54, 1.807) is 23.9 Å². The van der Waals surface area contributed by atoms with E-state index in [-0.39, 0.29) is 10.8 Å². The molecule has 1 aliphatic heterocycles. The van der Waals surface area contributed by atoms with Gasteiger partial charge in [0.15, 0.2) is 0 Å². The van der Waals surface area contributed by atoms with Gasteiger partial charge in [-0.05, 0) is 61.8 Å². The third kappa shape index (κ3) is 4.42. The molecule has 3 rings (SSSR count). The van der Waals surface area contributed by atoms with Crippen LogP contribution in [0.1, 0.15) is 35.7 Å². The van der Waals surface area contributed by atoms with E-state index in [1.807, 2.05) is 37.4 Å². The first kappa shape index (κ1) is 20.9. The standard InChI is InChI=1S/C21H26N2O3S2/c1-15-10-12-23(13-11-15)28(25,26)17-9-8-16(2)18(14-17)21(24)22-19-6-4-5-7-20(19)27-3/h4-9,14-15H,10-13H2,1-3H3,(H,22,24). The molecule has 0 aromatic heterocycles. The summed E-state index contributed by atoms with van der Waals surface area (Å²) in [4.78, 5) is 14.0. The first-order valence-corrected chi connectivity index (χ1v) is 12.0. The average molecular weight is 419 g/mol. The number of para-hydroxylation sites is 1. The van der Waals surface area contributed by atoms with E-state index < -0.39 is 10.0 Å². The van der Waals surface area contributed by atoms with Crippen molar-refractivity contribution in [1.82, 2.24) is 4.31 Å². The largest absolute Gasteiger partial charge is 0.321 e. The molecule has 2 aromatic carbocycles. The van der Waals surface area contributed by atoms with Gasteiger partial charge in [0, 0.05) is 23.5 Å². The van der Waals surface area contributed by atoms with E-state index in [4.69, 9.17) is 0 Å². The first-order chi connectivity index (χ1) is 13.3. The van der Waals surface area contributed by atoms with Crippen molar-refractivity contribution in [2.75, 3.05) is 24.7 Å². The van der Waals surface area contributed by atoms with Gasteiger partial charge in [0.1, 0.15) is 0 Å². The number of benzene rings is 2. The Bertz CT molecular complexity index is 965. The van der Waals surface area contributed by atoms with Crippen LogP contribution in [0, 0.1) is 12.8 Å². The maximum atomic E-state index is 13.0. The second-order valence-corrected chi connectivity index (χ2v) is 10.0. The van der Waals surface area contributed by atoms with Gasteiger partial charge in [0.05, 0.1) is 10.6 Å². The highest BCUT2D eigenvalue weighted by molar-refractivity contribution is 7.98. The Morgan fingerprint density at radius 2 is 1.82 bits per heavy atom. The van der Waals surface area contributed by atoms with E-state index in [0.717, 1.165) is 29.0 Å². The lowest BCUT2D eigenvalue weighted by Gasteiger charge is -2.29. The SMILES string of the molecule is CSc1ccccc1NC(=O)c1cc(S(=O)(=O)N2CCC(C)CC2)ccc1C. The second-order valence-electron chi connectivity index (χ2n) is 7.22. The van der Waals surface area contributed by atoms with Crippen molar-refractivity contribution in [3.05, 3.63) is 53.6 Å². The van der Waals surface area contributed by atoms with Gasteiger partial charge in [-0.25, -0.2) is 8.42 Å². The maximum Gasteiger partial charge on any atom is 0.256 e. The van der Waals surface area contributed by atoms with Crippen LogP contribution in [0.4, 0.5) is 5.69 Å². The minimum atomic E-state index is -3.59. The molecule has 150 valence electrons. The zero-order valence-electron chi connectivity index (χ0n) is 16.4. The van der Waals surface area contributed by atoms with Gasteiger partial charge in [-0.1, -0.05) is 25.1 Å². The number of nitrogens with one attached hydrogen (secondary N) is 1. The van der Waals surface area contributed by atoms with E-state index in [1.165, 1.54) is 10.4 Å². The molecule has 2 aromatic rings. The van der Waals surface area contributed by atoms with Crippen LogP contribution >= 0.6 is 11.8 Å². The highest BCUT2D eigenvalue weighted by Gasteiger charge is 2.29. The quantitative estimate of drug-likeness (QED) is 0.732. The fourth-order valence-corrected chi connectivity index (χ4v) is 5.37. The summed E-state index contributed by atoms with van der Waals surface area (Å²) in [6.07, 6.45) is 3.68. The Hall–Kier alpha value is -1.83. The average Bonchev–Trinajstić information content (AvgIpc) is 2.68. The van der Waals surface area contributed by atoms with Gasteiger partial charge in [0.2, 0.25) is 10.0 Å². The number of aryl methyl sites for hydroxylation is 1. The smallest absolute Gasteiger partial charge is 0.256 e. The van der Waals surface area contributed by atoms with Crippen LogP contribution < -0.4 is 5.32 Å². The van der Waals surface area contributed by atoms with Gasteiger partial charge in [-0.3, -0.25) is 4.79 Å². The number of hydrogen-bond acceptors (Lipinski definition) is 4. The van der Waals surface area contributed by atoms with Crippen molar-refractivity contribution in [3.8, 4) is 0 Å². The van der Waals surface area contributed by atoms with Gasteiger partial charge < -0.3 is 5.32 Å². The van der Waals surface area contributed by atoms with Gasteiger partial charge >= 0.3 is 0 Å². The summed E-state index contributed by atoms with van der Waals surface area (Å²) in [6.45, 7) is 5.01. The molecule has 28 heavy (non-hydrogen) atoms. The molecule has 1 aliphatic rings. The lowest BCUT2D eigenvalue weighted by molar-refractivity contribution is 0.102. The van der Waals surface area contributed by atoms with Crippen LogP contribution in [0.5, 0.6) is 0 Å². The number of nitrogens with zero attached hydrogens (tertiary/aromatic N) is 1. The monoisotopic (exact) mass is 418 g/mol. The van der Waals surface area contributed by atoms with E-state index in [9.17, 15) is 13.2 Å². The van der Waals surface area contributed by atoms with Crippen molar-refractivity contribution in [3.63, 3.8) is 0 Å². The fraction of sp³-hybridized carbons (Fsp3) is 0.381. The van der Waals surface area contributed by atoms with Crippen molar-refractivity contribution < 1.29 is 13.2 Å². The number of anilines is 1. The highest BCUT2D eigenvalue weighted by atomic mass is 32.2. The van der Waals surface area contributed by atoms with Gasteiger partial charge in [-0.15, -0.1) is 11.8 Å². The molecule has 0 bridgehead atoms. The number of carbonyl (C=O) groups excluding carboxylic acids is 1.